The fourth-order valence-electron chi connectivity index (χ4n) is 2.30. The fourth-order valence-corrected chi connectivity index (χ4v) is 2.50. The predicted molar refractivity (Wildman–Crippen MR) is 73.7 cm³/mol. The summed E-state index contributed by atoms with van der Waals surface area (Å²) in [5.74, 6) is 0.538. The third-order valence-electron chi connectivity index (χ3n) is 3.44. The summed E-state index contributed by atoms with van der Waals surface area (Å²) in [7, 11) is 0. The first-order valence-corrected chi connectivity index (χ1v) is 6.78. The highest BCUT2D eigenvalue weighted by atomic mass is 35.5. The second-order valence-electron chi connectivity index (χ2n) is 4.91. The van der Waals surface area contributed by atoms with E-state index in [1.54, 1.807) is 0 Å². The minimum Gasteiger partial charge on any atom is -0.353 e. The van der Waals surface area contributed by atoms with Gasteiger partial charge in [-0.25, -0.2) is 0 Å². The van der Waals surface area contributed by atoms with Gasteiger partial charge in [-0.1, -0.05) is 36.7 Å². The van der Waals surface area contributed by atoms with Gasteiger partial charge < -0.3 is 10.6 Å². The van der Waals surface area contributed by atoms with Gasteiger partial charge in [-0.05, 0) is 37.1 Å². The standard InChI is InChI=1S/C14H19ClN2O/c1-10-9-16-7-6-13(10)17-14(18)8-11-4-2-3-5-12(11)15/h2-5,10,13,16H,6-9H2,1H3,(H,17,18). The molecule has 1 amide bonds. The van der Waals surface area contributed by atoms with Gasteiger partial charge in [0.25, 0.3) is 0 Å². The molecule has 1 aliphatic rings. The molecule has 2 rings (SSSR count). The molecule has 3 nitrogen and oxygen atoms in total. The molecule has 0 saturated carbocycles. The Kier molecular flexibility index (Phi) is 4.61. The lowest BCUT2D eigenvalue weighted by atomic mass is 9.95. The Morgan fingerprint density at radius 3 is 3.00 bits per heavy atom. The summed E-state index contributed by atoms with van der Waals surface area (Å²) < 4.78 is 0. The number of hydrogen-bond donors (Lipinski definition) is 2. The maximum absolute atomic E-state index is 12.0. The number of nitrogens with one attached hydrogen (secondary N) is 2. The van der Waals surface area contributed by atoms with Crippen LogP contribution in [0.25, 0.3) is 0 Å². The van der Waals surface area contributed by atoms with E-state index in [2.05, 4.69) is 17.6 Å². The van der Waals surface area contributed by atoms with Gasteiger partial charge in [0, 0.05) is 11.1 Å². The molecule has 0 spiro atoms. The lowest BCUT2D eigenvalue weighted by Crippen LogP contribution is -2.48. The molecule has 2 unspecified atom stereocenters. The first-order chi connectivity index (χ1) is 8.66. The Bertz CT molecular complexity index is 422. The van der Waals surface area contributed by atoms with Gasteiger partial charge in [0.15, 0.2) is 0 Å². The van der Waals surface area contributed by atoms with Crippen LogP contribution in [0.4, 0.5) is 0 Å². The van der Waals surface area contributed by atoms with Crippen LogP contribution in [0.1, 0.15) is 18.9 Å². The molecule has 0 aromatic heterocycles. The second-order valence-corrected chi connectivity index (χ2v) is 5.32. The van der Waals surface area contributed by atoms with E-state index in [9.17, 15) is 4.79 Å². The maximum Gasteiger partial charge on any atom is 0.224 e. The zero-order chi connectivity index (χ0) is 13.0. The molecule has 1 aromatic carbocycles. The first-order valence-electron chi connectivity index (χ1n) is 6.40. The summed E-state index contributed by atoms with van der Waals surface area (Å²) in [5.41, 5.74) is 0.887. The van der Waals surface area contributed by atoms with Crippen molar-refractivity contribution in [2.24, 2.45) is 5.92 Å². The quantitative estimate of drug-likeness (QED) is 0.879. The number of amides is 1. The van der Waals surface area contributed by atoms with Gasteiger partial charge in [0.1, 0.15) is 0 Å². The number of rotatable bonds is 3. The van der Waals surface area contributed by atoms with Gasteiger partial charge in [-0.2, -0.15) is 0 Å². The van der Waals surface area contributed by atoms with Gasteiger partial charge >= 0.3 is 0 Å². The summed E-state index contributed by atoms with van der Waals surface area (Å²) in [6, 6.07) is 7.77. The Morgan fingerprint density at radius 1 is 1.50 bits per heavy atom. The number of hydrogen-bond acceptors (Lipinski definition) is 2. The van der Waals surface area contributed by atoms with Crippen molar-refractivity contribution < 1.29 is 4.79 Å². The van der Waals surface area contributed by atoms with Crippen LogP contribution in [-0.4, -0.2) is 25.0 Å². The molecule has 98 valence electrons. The van der Waals surface area contributed by atoms with Crippen LogP contribution in [0.15, 0.2) is 24.3 Å². The Hall–Kier alpha value is -1.06. The number of carbonyl (C=O) groups is 1. The molecule has 0 radical (unpaired) electrons. The average molecular weight is 267 g/mol. The van der Waals surface area contributed by atoms with E-state index < -0.39 is 0 Å². The van der Waals surface area contributed by atoms with E-state index in [0.717, 1.165) is 25.1 Å². The molecule has 2 N–H and O–H groups in total. The maximum atomic E-state index is 12.0. The second kappa shape index (κ2) is 6.21. The molecule has 0 aliphatic carbocycles. The van der Waals surface area contributed by atoms with Crippen molar-refractivity contribution in [1.82, 2.24) is 10.6 Å². The van der Waals surface area contributed by atoms with Crippen LogP contribution in [-0.2, 0) is 11.2 Å². The smallest absolute Gasteiger partial charge is 0.224 e. The summed E-state index contributed by atoms with van der Waals surface area (Å²) in [6.45, 7) is 4.10. The lowest BCUT2D eigenvalue weighted by Gasteiger charge is -2.30. The van der Waals surface area contributed by atoms with Crippen LogP contribution in [0.2, 0.25) is 5.02 Å². The molecule has 1 heterocycles. The van der Waals surface area contributed by atoms with E-state index in [-0.39, 0.29) is 11.9 Å². The van der Waals surface area contributed by atoms with Crippen LogP contribution < -0.4 is 10.6 Å². The van der Waals surface area contributed by atoms with E-state index in [1.807, 2.05) is 24.3 Å². The van der Waals surface area contributed by atoms with Crippen LogP contribution in [0, 0.1) is 5.92 Å². The Morgan fingerprint density at radius 2 is 2.28 bits per heavy atom. The van der Waals surface area contributed by atoms with E-state index in [0.29, 0.717) is 17.4 Å². The molecule has 0 bridgehead atoms. The Balaban J connectivity index is 1.90. The zero-order valence-corrected chi connectivity index (χ0v) is 11.3. The predicted octanol–water partition coefficient (Wildman–Crippen LogP) is 2.00. The van der Waals surface area contributed by atoms with E-state index >= 15 is 0 Å². The molecule has 1 aliphatic heterocycles. The monoisotopic (exact) mass is 266 g/mol. The summed E-state index contributed by atoms with van der Waals surface area (Å²) >= 11 is 6.05. The third kappa shape index (κ3) is 3.47. The van der Waals surface area contributed by atoms with E-state index in [1.165, 1.54) is 0 Å². The molecular formula is C14H19ClN2O. The van der Waals surface area contributed by atoms with Crippen molar-refractivity contribution in [2.75, 3.05) is 13.1 Å². The van der Waals surface area contributed by atoms with Gasteiger partial charge in [-0.3, -0.25) is 4.79 Å². The minimum absolute atomic E-state index is 0.0573. The molecule has 1 saturated heterocycles. The number of piperidine rings is 1. The molecule has 18 heavy (non-hydrogen) atoms. The van der Waals surface area contributed by atoms with E-state index in [4.69, 9.17) is 11.6 Å². The molecular weight excluding hydrogens is 248 g/mol. The molecule has 1 aromatic rings. The van der Waals surface area contributed by atoms with Crippen molar-refractivity contribution in [3.05, 3.63) is 34.9 Å². The normalized spacial score (nSPS) is 23.7. The summed E-state index contributed by atoms with van der Waals surface area (Å²) in [5, 5.41) is 7.09. The van der Waals surface area contributed by atoms with Crippen molar-refractivity contribution in [1.29, 1.82) is 0 Å². The molecule has 4 heteroatoms. The highest BCUT2D eigenvalue weighted by Crippen LogP contribution is 2.16. The Labute approximate surface area is 113 Å². The van der Waals surface area contributed by atoms with Gasteiger partial charge in [0.2, 0.25) is 5.91 Å². The van der Waals surface area contributed by atoms with Crippen LogP contribution in [0.3, 0.4) is 0 Å². The first kappa shape index (κ1) is 13.4. The van der Waals surface area contributed by atoms with Crippen LogP contribution in [0.5, 0.6) is 0 Å². The van der Waals surface area contributed by atoms with Gasteiger partial charge in [0.05, 0.1) is 6.42 Å². The number of carbonyl (C=O) groups excluding carboxylic acids is 1. The highest BCUT2D eigenvalue weighted by Gasteiger charge is 2.22. The lowest BCUT2D eigenvalue weighted by molar-refractivity contribution is -0.121. The summed E-state index contributed by atoms with van der Waals surface area (Å²) in [6.07, 6.45) is 1.35. The summed E-state index contributed by atoms with van der Waals surface area (Å²) in [4.78, 5) is 12.0. The van der Waals surface area contributed by atoms with Crippen molar-refractivity contribution in [3.8, 4) is 0 Å². The third-order valence-corrected chi connectivity index (χ3v) is 3.81. The number of halogens is 1. The van der Waals surface area contributed by atoms with Crippen molar-refractivity contribution in [3.63, 3.8) is 0 Å². The topological polar surface area (TPSA) is 41.1 Å². The SMILES string of the molecule is CC1CNCCC1NC(=O)Cc1ccccc1Cl. The molecule has 2 atom stereocenters. The minimum atomic E-state index is 0.0573. The van der Waals surface area contributed by atoms with Crippen LogP contribution >= 0.6 is 11.6 Å². The fraction of sp³-hybridized carbons (Fsp3) is 0.500. The van der Waals surface area contributed by atoms with Crippen molar-refractivity contribution >= 4 is 17.5 Å². The zero-order valence-electron chi connectivity index (χ0n) is 10.6. The van der Waals surface area contributed by atoms with Crippen molar-refractivity contribution in [2.45, 2.75) is 25.8 Å². The largest absolute Gasteiger partial charge is 0.353 e. The van der Waals surface area contributed by atoms with Gasteiger partial charge in [-0.15, -0.1) is 0 Å². The average Bonchev–Trinajstić information content (AvgIpc) is 2.35. The molecule has 1 fully saturated rings. The highest BCUT2D eigenvalue weighted by molar-refractivity contribution is 6.31. The number of benzene rings is 1.